The lowest BCUT2D eigenvalue weighted by atomic mass is 10.2. The average molecular weight is 241 g/mol. The molecule has 1 rings (SSSR count). The van der Waals surface area contributed by atoms with Crippen LogP contribution < -0.4 is 11.0 Å². The first-order chi connectivity index (χ1) is 7.45. The van der Waals surface area contributed by atoms with Crippen molar-refractivity contribution in [3.8, 4) is 0 Å². The van der Waals surface area contributed by atoms with Crippen molar-refractivity contribution in [1.29, 1.82) is 0 Å². The number of H-pyrrole nitrogens is 1. The highest BCUT2D eigenvalue weighted by atomic mass is 32.2. The predicted molar refractivity (Wildman–Crippen MR) is 64.0 cm³/mol. The third kappa shape index (κ3) is 2.85. The SMILES string of the molecule is CSc1nc(=O)[nH]c(C)c1C(=O)NC(C)C. The molecule has 88 valence electrons. The number of rotatable bonds is 3. The van der Waals surface area contributed by atoms with Gasteiger partial charge < -0.3 is 10.3 Å². The van der Waals surface area contributed by atoms with Crippen LogP contribution in [-0.2, 0) is 0 Å². The smallest absolute Gasteiger partial charge is 0.346 e. The van der Waals surface area contributed by atoms with Crippen LogP contribution in [0.3, 0.4) is 0 Å². The third-order valence-electron chi connectivity index (χ3n) is 1.93. The van der Waals surface area contributed by atoms with E-state index in [4.69, 9.17) is 0 Å². The zero-order valence-corrected chi connectivity index (χ0v) is 10.6. The number of nitrogens with one attached hydrogen (secondary N) is 2. The summed E-state index contributed by atoms with van der Waals surface area (Å²) in [7, 11) is 0. The monoisotopic (exact) mass is 241 g/mol. The zero-order valence-electron chi connectivity index (χ0n) is 9.75. The Morgan fingerprint density at radius 1 is 1.50 bits per heavy atom. The van der Waals surface area contributed by atoms with Crippen LogP contribution in [0.5, 0.6) is 0 Å². The van der Waals surface area contributed by atoms with Crippen LogP contribution in [0.25, 0.3) is 0 Å². The van der Waals surface area contributed by atoms with E-state index in [0.29, 0.717) is 16.3 Å². The first-order valence-corrected chi connectivity index (χ1v) is 6.14. The van der Waals surface area contributed by atoms with Gasteiger partial charge in [-0.3, -0.25) is 4.79 Å². The highest BCUT2D eigenvalue weighted by molar-refractivity contribution is 7.98. The molecule has 0 spiro atoms. The lowest BCUT2D eigenvalue weighted by molar-refractivity contribution is 0.0938. The molecule has 1 heterocycles. The van der Waals surface area contributed by atoms with Crippen molar-refractivity contribution in [3.63, 3.8) is 0 Å². The number of carbonyl (C=O) groups excluding carboxylic acids is 1. The van der Waals surface area contributed by atoms with E-state index in [1.165, 1.54) is 11.8 Å². The van der Waals surface area contributed by atoms with Gasteiger partial charge in [-0.25, -0.2) is 4.79 Å². The lowest BCUT2D eigenvalue weighted by Crippen LogP contribution is -2.32. The van der Waals surface area contributed by atoms with E-state index in [-0.39, 0.29) is 11.9 Å². The first-order valence-electron chi connectivity index (χ1n) is 4.91. The third-order valence-corrected chi connectivity index (χ3v) is 2.61. The molecule has 0 saturated heterocycles. The summed E-state index contributed by atoms with van der Waals surface area (Å²) in [5.74, 6) is -0.208. The van der Waals surface area contributed by atoms with Gasteiger partial charge in [-0.15, -0.1) is 11.8 Å². The molecule has 0 aliphatic heterocycles. The maximum atomic E-state index is 11.9. The van der Waals surface area contributed by atoms with Crippen LogP contribution in [0, 0.1) is 6.92 Å². The molecule has 0 aromatic carbocycles. The Bertz CT molecular complexity index is 454. The Morgan fingerprint density at radius 3 is 2.62 bits per heavy atom. The number of thioether (sulfide) groups is 1. The van der Waals surface area contributed by atoms with E-state index in [9.17, 15) is 9.59 Å². The highest BCUT2D eigenvalue weighted by Crippen LogP contribution is 2.17. The zero-order chi connectivity index (χ0) is 12.3. The van der Waals surface area contributed by atoms with Gasteiger partial charge in [-0.2, -0.15) is 4.98 Å². The summed E-state index contributed by atoms with van der Waals surface area (Å²) in [5.41, 5.74) is 0.561. The molecule has 0 atom stereocenters. The molecule has 1 aromatic rings. The highest BCUT2D eigenvalue weighted by Gasteiger charge is 2.17. The minimum Gasteiger partial charge on any atom is -0.350 e. The van der Waals surface area contributed by atoms with E-state index in [2.05, 4.69) is 15.3 Å². The van der Waals surface area contributed by atoms with Gasteiger partial charge >= 0.3 is 5.69 Å². The molecule has 1 amide bonds. The van der Waals surface area contributed by atoms with Gasteiger partial charge in [0.2, 0.25) is 0 Å². The molecule has 0 radical (unpaired) electrons. The Hall–Kier alpha value is -1.30. The molecule has 0 saturated carbocycles. The van der Waals surface area contributed by atoms with Crippen molar-refractivity contribution in [3.05, 3.63) is 21.7 Å². The van der Waals surface area contributed by atoms with Crippen LogP contribution in [0.1, 0.15) is 29.9 Å². The number of carbonyl (C=O) groups is 1. The lowest BCUT2D eigenvalue weighted by Gasteiger charge is -2.12. The Kier molecular flexibility index (Phi) is 4.12. The number of hydrogen-bond donors (Lipinski definition) is 2. The van der Waals surface area contributed by atoms with Gasteiger partial charge in [0.25, 0.3) is 5.91 Å². The summed E-state index contributed by atoms with van der Waals surface area (Å²) in [4.78, 5) is 29.3. The molecule has 16 heavy (non-hydrogen) atoms. The van der Waals surface area contributed by atoms with Crippen LogP contribution in [0.4, 0.5) is 0 Å². The second-order valence-corrected chi connectivity index (χ2v) is 4.47. The average Bonchev–Trinajstić information content (AvgIpc) is 2.14. The second kappa shape index (κ2) is 5.16. The largest absolute Gasteiger partial charge is 0.350 e. The topological polar surface area (TPSA) is 74.8 Å². The van der Waals surface area contributed by atoms with Gasteiger partial charge in [0.05, 0.1) is 5.56 Å². The van der Waals surface area contributed by atoms with Crippen molar-refractivity contribution < 1.29 is 4.79 Å². The fraction of sp³-hybridized carbons (Fsp3) is 0.500. The minimum atomic E-state index is -0.428. The summed E-state index contributed by atoms with van der Waals surface area (Å²) in [5, 5.41) is 3.24. The van der Waals surface area contributed by atoms with E-state index in [1.807, 2.05) is 13.8 Å². The van der Waals surface area contributed by atoms with E-state index in [1.54, 1.807) is 13.2 Å². The van der Waals surface area contributed by atoms with Gasteiger partial charge in [-0.05, 0) is 27.0 Å². The minimum absolute atomic E-state index is 0.0496. The number of nitrogens with zero attached hydrogens (tertiary/aromatic N) is 1. The van der Waals surface area contributed by atoms with Gasteiger partial charge in [-0.1, -0.05) is 0 Å². The van der Waals surface area contributed by atoms with Crippen LogP contribution in [0.2, 0.25) is 0 Å². The van der Waals surface area contributed by atoms with Crippen molar-refractivity contribution in [2.75, 3.05) is 6.26 Å². The van der Waals surface area contributed by atoms with Crippen LogP contribution in [-0.4, -0.2) is 28.2 Å². The first kappa shape index (κ1) is 12.8. The quantitative estimate of drug-likeness (QED) is 0.610. The summed E-state index contributed by atoms with van der Waals surface area (Å²) in [6, 6.07) is 0.0496. The van der Waals surface area contributed by atoms with E-state index >= 15 is 0 Å². The number of aryl methyl sites for hydroxylation is 1. The van der Waals surface area contributed by atoms with Gasteiger partial charge in [0, 0.05) is 11.7 Å². The molecule has 0 fully saturated rings. The summed E-state index contributed by atoms with van der Waals surface area (Å²) in [6.07, 6.45) is 1.79. The normalized spacial score (nSPS) is 10.6. The molecule has 0 aliphatic rings. The predicted octanol–water partition coefficient (Wildman–Crippen LogP) is 0.938. The summed E-state index contributed by atoms with van der Waals surface area (Å²) < 4.78 is 0. The molecule has 2 N–H and O–H groups in total. The van der Waals surface area contributed by atoms with Crippen molar-refractivity contribution in [2.24, 2.45) is 0 Å². The number of aromatic nitrogens is 2. The summed E-state index contributed by atoms with van der Waals surface area (Å²) in [6.45, 7) is 5.45. The molecule has 6 heteroatoms. The van der Waals surface area contributed by atoms with Crippen molar-refractivity contribution >= 4 is 17.7 Å². The Labute approximate surface area is 98.1 Å². The van der Waals surface area contributed by atoms with E-state index < -0.39 is 5.69 Å². The fourth-order valence-electron chi connectivity index (χ4n) is 1.31. The Morgan fingerprint density at radius 2 is 2.12 bits per heavy atom. The molecule has 0 unspecified atom stereocenters. The van der Waals surface area contributed by atoms with Crippen molar-refractivity contribution in [2.45, 2.75) is 31.8 Å². The number of amides is 1. The number of aromatic amines is 1. The van der Waals surface area contributed by atoms with Crippen molar-refractivity contribution in [1.82, 2.24) is 15.3 Å². The van der Waals surface area contributed by atoms with E-state index in [0.717, 1.165) is 0 Å². The van der Waals surface area contributed by atoms with Gasteiger partial charge in [0.15, 0.2) is 0 Å². The van der Waals surface area contributed by atoms with Crippen LogP contribution in [0.15, 0.2) is 9.82 Å². The molecule has 0 aliphatic carbocycles. The van der Waals surface area contributed by atoms with Crippen LogP contribution >= 0.6 is 11.8 Å². The maximum Gasteiger partial charge on any atom is 0.346 e. The fourth-order valence-corrected chi connectivity index (χ4v) is 1.93. The Balaban J connectivity index is 3.21. The maximum absolute atomic E-state index is 11.9. The molecule has 1 aromatic heterocycles. The second-order valence-electron chi connectivity index (χ2n) is 3.68. The number of hydrogen-bond acceptors (Lipinski definition) is 4. The summed E-state index contributed by atoms with van der Waals surface area (Å²) >= 11 is 1.29. The molecule has 0 bridgehead atoms. The van der Waals surface area contributed by atoms with Gasteiger partial charge in [0.1, 0.15) is 5.03 Å². The molecular formula is C10H15N3O2S. The standard InChI is InChI=1S/C10H15N3O2S/c1-5(2)11-8(14)7-6(3)12-10(15)13-9(7)16-4/h5H,1-4H3,(H,11,14)(H,12,13,15). The molecule has 5 nitrogen and oxygen atoms in total. The molecular weight excluding hydrogens is 226 g/mol.